The molecule has 0 spiro atoms. The summed E-state index contributed by atoms with van der Waals surface area (Å²) in [5, 5.41) is 0. The van der Waals surface area contributed by atoms with Crippen molar-refractivity contribution in [3.05, 3.63) is 41.0 Å². The van der Waals surface area contributed by atoms with Gasteiger partial charge in [0.1, 0.15) is 5.75 Å². The first-order valence-electron chi connectivity index (χ1n) is 8.65. The van der Waals surface area contributed by atoms with Crippen LogP contribution in [0.15, 0.2) is 40.4 Å². The predicted octanol–water partition coefficient (Wildman–Crippen LogP) is 5.28. The second-order valence-electron chi connectivity index (χ2n) is 7.82. The number of ether oxygens (including phenoxy) is 1. The number of fused-ring (bicyclic) bond motifs is 2. The third-order valence-corrected chi connectivity index (χ3v) is 7.21. The van der Waals surface area contributed by atoms with Crippen LogP contribution in [0.25, 0.3) is 0 Å². The summed E-state index contributed by atoms with van der Waals surface area (Å²) in [6.07, 6.45) is 3.47. The highest BCUT2D eigenvalue weighted by Crippen LogP contribution is 2.69. The maximum absolute atomic E-state index is 5.20. The fourth-order valence-electron chi connectivity index (χ4n) is 4.97. The number of methoxy groups -OCH3 is 1. The first kappa shape index (κ1) is 16.3. The molecule has 3 rings (SSSR count). The Labute approximate surface area is 140 Å². The van der Waals surface area contributed by atoms with E-state index in [1.165, 1.54) is 12.0 Å². The minimum Gasteiger partial charge on any atom is -0.497 e. The zero-order chi connectivity index (χ0) is 16.8. The molecule has 0 aromatic heterocycles. The zero-order valence-electron chi connectivity index (χ0n) is 15.3. The molecule has 4 unspecified atom stereocenters. The summed E-state index contributed by atoms with van der Waals surface area (Å²) in [5.41, 5.74) is 5.09. The van der Waals surface area contributed by atoms with Crippen molar-refractivity contribution in [1.29, 1.82) is 0 Å². The molecule has 0 radical (unpaired) electrons. The summed E-state index contributed by atoms with van der Waals surface area (Å²) in [6, 6.07) is 8.20. The molecule has 0 N–H and O–H groups in total. The van der Waals surface area contributed by atoms with Gasteiger partial charge < -0.3 is 4.74 Å². The van der Waals surface area contributed by atoms with Crippen LogP contribution in [0, 0.1) is 22.7 Å². The van der Waals surface area contributed by atoms with Crippen molar-refractivity contribution >= 4 is 6.21 Å². The molecule has 0 amide bonds. The molecule has 2 nitrogen and oxygen atoms in total. The van der Waals surface area contributed by atoms with Gasteiger partial charge in [0.25, 0.3) is 0 Å². The average Bonchev–Trinajstić information content (AvgIpc) is 2.83. The second kappa shape index (κ2) is 5.51. The summed E-state index contributed by atoms with van der Waals surface area (Å²) in [7, 11) is 1.70. The van der Waals surface area contributed by atoms with Crippen molar-refractivity contribution in [2.75, 3.05) is 7.11 Å². The molecule has 0 saturated heterocycles. The highest BCUT2D eigenvalue weighted by molar-refractivity contribution is 5.66. The largest absolute Gasteiger partial charge is 0.497 e. The number of aliphatic imine (C=N–C) groups is 1. The van der Waals surface area contributed by atoms with Gasteiger partial charge in [-0.15, -0.1) is 0 Å². The quantitative estimate of drug-likeness (QED) is 0.547. The lowest BCUT2D eigenvalue weighted by molar-refractivity contribution is 0.241. The van der Waals surface area contributed by atoms with E-state index in [0.717, 1.165) is 12.3 Å². The fourth-order valence-corrected chi connectivity index (χ4v) is 4.97. The molecule has 2 aliphatic rings. The zero-order valence-corrected chi connectivity index (χ0v) is 15.3. The summed E-state index contributed by atoms with van der Waals surface area (Å²) in [4.78, 5) is 4.78. The van der Waals surface area contributed by atoms with Crippen molar-refractivity contribution in [2.45, 2.75) is 47.6 Å². The lowest BCUT2D eigenvalue weighted by Gasteiger charge is -2.33. The van der Waals surface area contributed by atoms with Crippen molar-refractivity contribution in [2.24, 2.45) is 27.7 Å². The Kier molecular flexibility index (Phi) is 3.90. The monoisotopic (exact) mass is 311 g/mol. The van der Waals surface area contributed by atoms with Crippen LogP contribution in [0.1, 0.15) is 46.6 Å². The van der Waals surface area contributed by atoms with Gasteiger partial charge in [0.2, 0.25) is 0 Å². The maximum Gasteiger partial charge on any atom is 0.118 e. The van der Waals surface area contributed by atoms with Gasteiger partial charge in [0.15, 0.2) is 0 Å². The fraction of sp³-hybridized carbons (Fsp3) is 0.571. The van der Waals surface area contributed by atoms with Gasteiger partial charge in [0.05, 0.1) is 13.7 Å². The molecule has 23 heavy (non-hydrogen) atoms. The van der Waals surface area contributed by atoms with E-state index in [1.807, 2.05) is 12.1 Å². The van der Waals surface area contributed by atoms with Crippen LogP contribution in [0.3, 0.4) is 0 Å². The standard InChI is InChI=1S/C21H29NO/c1-14-15(2)21(5)16(3)20(14,4)11-18(21)13-22-12-17-7-9-19(23-6)10-8-17/h7-10,13,16,18H,11-12H2,1-6H3/b22-13+. The highest BCUT2D eigenvalue weighted by Gasteiger charge is 2.61. The van der Waals surface area contributed by atoms with Crippen LogP contribution >= 0.6 is 0 Å². The Morgan fingerprint density at radius 3 is 2.35 bits per heavy atom. The maximum atomic E-state index is 5.20. The van der Waals surface area contributed by atoms with E-state index in [1.54, 1.807) is 18.3 Å². The number of rotatable bonds is 4. The van der Waals surface area contributed by atoms with Crippen molar-refractivity contribution in [3.8, 4) is 5.75 Å². The molecule has 124 valence electrons. The number of hydrogen-bond donors (Lipinski definition) is 0. The highest BCUT2D eigenvalue weighted by atomic mass is 16.5. The van der Waals surface area contributed by atoms with Gasteiger partial charge >= 0.3 is 0 Å². The third kappa shape index (κ3) is 2.26. The first-order valence-corrected chi connectivity index (χ1v) is 8.65. The van der Waals surface area contributed by atoms with Crippen molar-refractivity contribution in [3.63, 3.8) is 0 Å². The molecular weight excluding hydrogens is 282 g/mol. The third-order valence-electron chi connectivity index (χ3n) is 7.21. The van der Waals surface area contributed by atoms with E-state index in [-0.39, 0.29) is 5.41 Å². The minimum atomic E-state index is 0.280. The molecule has 0 aliphatic heterocycles. The Morgan fingerprint density at radius 1 is 1.17 bits per heavy atom. The molecule has 1 fully saturated rings. The van der Waals surface area contributed by atoms with Gasteiger partial charge in [-0.05, 0) is 54.7 Å². The predicted molar refractivity (Wildman–Crippen MR) is 97.0 cm³/mol. The molecular formula is C21H29NO. The summed E-state index contributed by atoms with van der Waals surface area (Å²) in [5.74, 6) is 2.16. The molecule has 1 saturated carbocycles. The lowest BCUT2D eigenvalue weighted by atomic mass is 9.71. The van der Waals surface area contributed by atoms with E-state index < -0.39 is 0 Å². The van der Waals surface area contributed by atoms with E-state index >= 15 is 0 Å². The van der Waals surface area contributed by atoms with Gasteiger partial charge in [-0.1, -0.05) is 44.1 Å². The molecule has 2 bridgehead atoms. The molecule has 4 atom stereocenters. The minimum absolute atomic E-state index is 0.280. The molecule has 0 heterocycles. The van der Waals surface area contributed by atoms with E-state index in [0.29, 0.717) is 17.3 Å². The Balaban J connectivity index is 1.74. The van der Waals surface area contributed by atoms with E-state index in [9.17, 15) is 0 Å². The second-order valence-corrected chi connectivity index (χ2v) is 7.82. The molecule has 1 aromatic carbocycles. The normalized spacial score (nSPS) is 36.3. The Morgan fingerprint density at radius 2 is 1.83 bits per heavy atom. The Hall–Kier alpha value is -1.57. The molecule has 2 heteroatoms. The number of hydrogen-bond acceptors (Lipinski definition) is 2. The number of benzene rings is 1. The van der Waals surface area contributed by atoms with Gasteiger partial charge in [0, 0.05) is 12.1 Å². The van der Waals surface area contributed by atoms with Crippen LogP contribution < -0.4 is 4.74 Å². The number of allylic oxidation sites excluding steroid dienone is 2. The summed E-state index contributed by atoms with van der Waals surface area (Å²) >= 11 is 0. The van der Waals surface area contributed by atoms with Crippen LogP contribution in [-0.4, -0.2) is 13.3 Å². The van der Waals surface area contributed by atoms with Crippen LogP contribution in [0.2, 0.25) is 0 Å². The smallest absolute Gasteiger partial charge is 0.118 e. The topological polar surface area (TPSA) is 21.6 Å². The van der Waals surface area contributed by atoms with Gasteiger partial charge in [-0.3, -0.25) is 4.99 Å². The first-order chi connectivity index (χ1) is 10.8. The Bertz CT molecular complexity index is 657. The van der Waals surface area contributed by atoms with Gasteiger partial charge in [-0.2, -0.15) is 0 Å². The van der Waals surface area contributed by atoms with Crippen molar-refractivity contribution < 1.29 is 4.74 Å². The van der Waals surface area contributed by atoms with Crippen LogP contribution in [0.5, 0.6) is 5.75 Å². The number of nitrogens with zero attached hydrogens (tertiary/aromatic N) is 1. The van der Waals surface area contributed by atoms with Gasteiger partial charge in [-0.25, -0.2) is 0 Å². The molecule has 2 aliphatic carbocycles. The summed E-state index contributed by atoms with van der Waals surface area (Å²) < 4.78 is 5.20. The SMILES string of the molecule is COc1ccc(C/N=C/C2CC3(C)C(C)=C(C)C2(C)C3C)cc1. The lowest BCUT2D eigenvalue weighted by Crippen LogP contribution is -2.28. The van der Waals surface area contributed by atoms with Crippen molar-refractivity contribution in [1.82, 2.24) is 0 Å². The van der Waals surface area contributed by atoms with Crippen LogP contribution in [0.4, 0.5) is 0 Å². The summed E-state index contributed by atoms with van der Waals surface area (Å²) in [6.45, 7) is 12.7. The van der Waals surface area contributed by atoms with Crippen LogP contribution in [-0.2, 0) is 6.54 Å². The van der Waals surface area contributed by atoms with E-state index in [2.05, 4.69) is 53.0 Å². The van der Waals surface area contributed by atoms with E-state index in [4.69, 9.17) is 9.73 Å². The average molecular weight is 311 g/mol. The molecule has 1 aromatic rings.